The molecule has 0 aliphatic heterocycles. The first-order valence-electron chi connectivity index (χ1n) is 6.38. The third-order valence-corrected chi connectivity index (χ3v) is 6.19. The third-order valence-electron chi connectivity index (χ3n) is 3.03. The number of rotatable bonds is 4. The van der Waals surface area contributed by atoms with Crippen molar-refractivity contribution >= 4 is 37.1 Å². The fraction of sp³-hybridized carbons (Fsp3) is 0.231. The highest BCUT2D eigenvalue weighted by Crippen LogP contribution is 2.28. The quantitative estimate of drug-likeness (QED) is 0.743. The van der Waals surface area contributed by atoms with E-state index in [1.807, 2.05) is 6.92 Å². The van der Waals surface area contributed by atoms with Crippen LogP contribution in [0.1, 0.15) is 12.5 Å². The molecule has 0 atom stereocenters. The molecule has 0 saturated heterocycles. The van der Waals surface area contributed by atoms with Crippen LogP contribution in [0, 0.1) is 0 Å². The van der Waals surface area contributed by atoms with E-state index in [1.54, 1.807) is 35.3 Å². The van der Waals surface area contributed by atoms with Crippen molar-refractivity contribution in [3.8, 4) is 0 Å². The molecule has 0 fully saturated rings. The van der Waals surface area contributed by atoms with E-state index in [2.05, 4.69) is 10.1 Å². The van der Waals surface area contributed by atoms with Crippen molar-refractivity contribution in [3.05, 3.63) is 36.2 Å². The second-order valence-electron chi connectivity index (χ2n) is 4.67. The van der Waals surface area contributed by atoms with Crippen molar-refractivity contribution in [2.24, 2.45) is 0 Å². The Morgan fingerprint density at radius 1 is 1.38 bits per heavy atom. The second kappa shape index (κ2) is 5.12. The number of sulfone groups is 1. The number of nitrogens with two attached hydrogens (primary N) is 1. The molecule has 0 saturated carbocycles. The average Bonchev–Trinajstić information content (AvgIpc) is 3.04. The van der Waals surface area contributed by atoms with E-state index in [9.17, 15) is 8.42 Å². The predicted octanol–water partition coefficient (Wildman–Crippen LogP) is 2.07. The molecule has 0 amide bonds. The summed E-state index contributed by atoms with van der Waals surface area (Å²) in [6, 6.07) is 5.18. The number of hydrogen-bond donors (Lipinski definition) is 1. The number of aromatic nitrogens is 3. The maximum Gasteiger partial charge on any atom is 0.210 e. The van der Waals surface area contributed by atoms with E-state index in [4.69, 9.17) is 5.73 Å². The molecular formula is C13H14N4O2S2. The number of aryl methyl sites for hydroxylation is 1. The van der Waals surface area contributed by atoms with Crippen LogP contribution in [-0.4, -0.2) is 23.2 Å². The van der Waals surface area contributed by atoms with Gasteiger partial charge in [0.05, 0.1) is 22.2 Å². The van der Waals surface area contributed by atoms with Crippen molar-refractivity contribution in [3.63, 3.8) is 0 Å². The van der Waals surface area contributed by atoms with Crippen LogP contribution in [0.3, 0.4) is 0 Å². The molecule has 3 aromatic rings. The molecule has 0 aliphatic carbocycles. The molecule has 2 aromatic heterocycles. The van der Waals surface area contributed by atoms with Gasteiger partial charge in [-0.2, -0.15) is 5.10 Å². The Labute approximate surface area is 126 Å². The number of nitrogen functional groups attached to an aromatic ring is 1. The standard InChI is InChI=1S/C13H14N4O2S2/c1-2-17-7-9(6-15-17)8-21(18,19)13-16-11-4-3-10(14)5-12(11)20-13/h3-7H,2,8,14H2,1H3. The summed E-state index contributed by atoms with van der Waals surface area (Å²) in [4.78, 5) is 4.20. The van der Waals surface area contributed by atoms with Crippen LogP contribution in [0.2, 0.25) is 0 Å². The zero-order valence-electron chi connectivity index (χ0n) is 11.4. The van der Waals surface area contributed by atoms with Gasteiger partial charge in [-0.05, 0) is 25.1 Å². The molecule has 0 unspecified atom stereocenters. The highest BCUT2D eigenvalue weighted by atomic mass is 32.2. The fourth-order valence-corrected chi connectivity index (χ4v) is 4.64. The zero-order chi connectivity index (χ0) is 15.0. The maximum atomic E-state index is 12.4. The van der Waals surface area contributed by atoms with Crippen LogP contribution in [0.25, 0.3) is 10.2 Å². The van der Waals surface area contributed by atoms with Crippen LogP contribution >= 0.6 is 11.3 Å². The van der Waals surface area contributed by atoms with Crippen LogP contribution in [0.4, 0.5) is 5.69 Å². The largest absolute Gasteiger partial charge is 0.399 e. The number of thiazole rings is 1. The van der Waals surface area contributed by atoms with Gasteiger partial charge in [0, 0.05) is 24.0 Å². The Balaban J connectivity index is 1.95. The third kappa shape index (κ3) is 2.77. The molecule has 110 valence electrons. The van der Waals surface area contributed by atoms with Gasteiger partial charge in [-0.1, -0.05) is 0 Å². The highest BCUT2D eigenvalue weighted by Gasteiger charge is 2.21. The molecule has 0 radical (unpaired) electrons. The number of fused-ring (bicyclic) bond motifs is 1. The van der Waals surface area contributed by atoms with E-state index in [0.29, 0.717) is 23.3 Å². The number of nitrogens with zero attached hydrogens (tertiary/aromatic N) is 3. The van der Waals surface area contributed by atoms with Gasteiger partial charge < -0.3 is 5.73 Å². The molecule has 2 heterocycles. The smallest absolute Gasteiger partial charge is 0.210 e. The average molecular weight is 322 g/mol. The summed E-state index contributed by atoms with van der Waals surface area (Å²) in [5.74, 6) is -0.0949. The van der Waals surface area contributed by atoms with Crippen molar-refractivity contribution in [2.45, 2.75) is 23.6 Å². The first-order valence-corrected chi connectivity index (χ1v) is 8.85. The molecule has 8 heteroatoms. The highest BCUT2D eigenvalue weighted by molar-refractivity contribution is 7.92. The van der Waals surface area contributed by atoms with Crippen molar-refractivity contribution < 1.29 is 8.42 Å². The van der Waals surface area contributed by atoms with Crippen molar-refractivity contribution in [1.82, 2.24) is 14.8 Å². The fourth-order valence-electron chi connectivity index (χ4n) is 1.99. The van der Waals surface area contributed by atoms with Crippen LogP contribution in [0.5, 0.6) is 0 Å². The Morgan fingerprint density at radius 2 is 2.19 bits per heavy atom. The van der Waals surface area contributed by atoms with Gasteiger partial charge in [0.15, 0.2) is 0 Å². The lowest BCUT2D eigenvalue weighted by Crippen LogP contribution is -2.04. The Hall–Kier alpha value is -1.93. The molecule has 1 aromatic carbocycles. The van der Waals surface area contributed by atoms with E-state index in [-0.39, 0.29) is 10.1 Å². The van der Waals surface area contributed by atoms with Gasteiger partial charge in [0.1, 0.15) is 0 Å². The Bertz CT molecular complexity index is 896. The minimum absolute atomic E-state index is 0.0949. The van der Waals surface area contributed by atoms with E-state index in [1.165, 1.54) is 0 Å². The molecule has 21 heavy (non-hydrogen) atoms. The summed E-state index contributed by atoms with van der Waals surface area (Å²) in [5, 5.41) is 4.09. The SMILES string of the molecule is CCn1cc(CS(=O)(=O)c2nc3ccc(N)cc3s2)cn1. The lowest BCUT2D eigenvalue weighted by Gasteiger charge is -1.97. The monoisotopic (exact) mass is 322 g/mol. The zero-order valence-corrected chi connectivity index (χ0v) is 13.0. The first kappa shape index (κ1) is 14.0. The first-order chi connectivity index (χ1) is 9.98. The summed E-state index contributed by atoms with van der Waals surface area (Å²) in [5.41, 5.74) is 7.61. The lowest BCUT2D eigenvalue weighted by molar-refractivity contribution is 0.594. The molecule has 6 nitrogen and oxygen atoms in total. The van der Waals surface area contributed by atoms with E-state index >= 15 is 0 Å². The number of hydrogen-bond acceptors (Lipinski definition) is 6. The second-order valence-corrected chi connectivity index (χ2v) is 7.86. The van der Waals surface area contributed by atoms with Gasteiger partial charge in [-0.15, -0.1) is 11.3 Å². The Morgan fingerprint density at radius 3 is 2.90 bits per heavy atom. The minimum atomic E-state index is -3.47. The van der Waals surface area contributed by atoms with E-state index in [0.717, 1.165) is 16.0 Å². The van der Waals surface area contributed by atoms with Gasteiger partial charge >= 0.3 is 0 Å². The molecule has 0 spiro atoms. The van der Waals surface area contributed by atoms with Gasteiger partial charge in [-0.25, -0.2) is 13.4 Å². The molecule has 0 bridgehead atoms. The summed E-state index contributed by atoms with van der Waals surface area (Å²) >= 11 is 1.14. The van der Waals surface area contributed by atoms with Gasteiger partial charge in [0.2, 0.25) is 14.2 Å². The normalized spacial score (nSPS) is 12.0. The number of benzene rings is 1. The summed E-state index contributed by atoms with van der Waals surface area (Å²) < 4.78 is 27.5. The summed E-state index contributed by atoms with van der Waals surface area (Å²) in [6.45, 7) is 2.66. The molecular weight excluding hydrogens is 308 g/mol. The Kier molecular flexibility index (Phi) is 3.42. The topological polar surface area (TPSA) is 90.9 Å². The predicted molar refractivity (Wildman–Crippen MR) is 82.8 cm³/mol. The molecule has 2 N–H and O–H groups in total. The van der Waals surface area contributed by atoms with Gasteiger partial charge in [-0.3, -0.25) is 4.68 Å². The van der Waals surface area contributed by atoms with Crippen LogP contribution in [0.15, 0.2) is 34.9 Å². The summed E-state index contributed by atoms with van der Waals surface area (Å²) in [7, 11) is -3.47. The van der Waals surface area contributed by atoms with Crippen molar-refractivity contribution in [1.29, 1.82) is 0 Å². The molecule has 0 aliphatic rings. The lowest BCUT2D eigenvalue weighted by atomic mass is 10.3. The summed E-state index contributed by atoms with van der Waals surface area (Å²) in [6.07, 6.45) is 3.31. The van der Waals surface area contributed by atoms with Crippen LogP contribution < -0.4 is 5.73 Å². The minimum Gasteiger partial charge on any atom is -0.399 e. The van der Waals surface area contributed by atoms with Crippen LogP contribution in [-0.2, 0) is 22.1 Å². The maximum absolute atomic E-state index is 12.4. The number of anilines is 1. The van der Waals surface area contributed by atoms with Gasteiger partial charge in [0.25, 0.3) is 0 Å². The van der Waals surface area contributed by atoms with E-state index < -0.39 is 9.84 Å². The van der Waals surface area contributed by atoms with Crippen molar-refractivity contribution in [2.75, 3.05) is 5.73 Å². The molecule has 3 rings (SSSR count).